The smallest absolute Gasteiger partial charge is 0.158 e. The third kappa shape index (κ3) is 5.40. The van der Waals surface area contributed by atoms with Crippen LogP contribution in [0.25, 0.3) is 0 Å². The van der Waals surface area contributed by atoms with E-state index >= 15 is 0 Å². The number of hydrogen-bond acceptors (Lipinski definition) is 6. The highest BCUT2D eigenvalue weighted by molar-refractivity contribution is 5.47. The van der Waals surface area contributed by atoms with Gasteiger partial charge >= 0.3 is 0 Å². The van der Waals surface area contributed by atoms with Gasteiger partial charge in [0.25, 0.3) is 0 Å². The molecule has 0 amide bonds. The van der Waals surface area contributed by atoms with Gasteiger partial charge < -0.3 is 20.5 Å². The van der Waals surface area contributed by atoms with Crippen LogP contribution in [0, 0.1) is 0 Å². The van der Waals surface area contributed by atoms with E-state index < -0.39 is 5.60 Å². The second-order valence-corrected chi connectivity index (χ2v) is 4.72. The zero-order valence-electron chi connectivity index (χ0n) is 12.2. The molecule has 0 radical (unpaired) electrons. The normalized spacial score (nSPS) is 13.9. The summed E-state index contributed by atoms with van der Waals surface area (Å²) in [4.78, 5) is 8.67. The first kappa shape index (κ1) is 15.7. The van der Waals surface area contributed by atoms with E-state index in [-0.39, 0.29) is 0 Å². The number of nitrogens with one attached hydrogen (secondary N) is 2. The van der Waals surface area contributed by atoms with Crippen molar-refractivity contribution in [2.24, 2.45) is 0 Å². The lowest BCUT2D eigenvalue weighted by Crippen LogP contribution is -2.32. The molecule has 0 aliphatic rings. The van der Waals surface area contributed by atoms with Crippen molar-refractivity contribution in [3.05, 3.63) is 11.9 Å². The van der Waals surface area contributed by atoms with Gasteiger partial charge in [0, 0.05) is 26.3 Å². The van der Waals surface area contributed by atoms with E-state index in [4.69, 9.17) is 4.74 Å². The van der Waals surface area contributed by atoms with Crippen LogP contribution in [0.4, 0.5) is 11.6 Å². The molecule has 1 aromatic rings. The summed E-state index contributed by atoms with van der Waals surface area (Å²) in [5, 5.41) is 16.3. The van der Waals surface area contributed by atoms with Crippen molar-refractivity contribution in [1.82, 2.24) is 9.97 Å². The molecule has 0 fully saturated rings. The van der Waals surface area contributed by atoms with Gasteiger partial charge in [0.1, 0.15) is 18.2 Å². The molecule has 1 aromatic heterocycles. The first-order valence-corrected chi connectivity index (χ1v) is 6.57. The summed E-state index contributed by atoms with van der Waals surface area (Å²) in [5.74, 6) is 2.05. The third-order valence-corrected chi connectivity index (χ3v) is 2.82. The van der Waals surface area contributed by atoms with Crippen LogP contribution < -0.4 is 10.6 Å². The Morgan fingerprint density at radius 3 is 2.42 bits per heavy atom. The van der Waals surface area contributed by atoms with Crippen LogP contribution >= 0.6 is 0 Å². The van der Waals surface area contributed by atoms with Crippen molar-refractivity contribution < 1.29 is 9.84 Å². The fraction of sp³-hybridized carbons (Fsp3) is 0.692. The second-order valence-electron chi connectivity index (χ2n) is 4.72. The number of anilines is 2. The lowest BCUT2D eigenvalue weighted by molar-refractivity contribution is 0.0696. The summed E-state index contributed by atoms with van der Waals surface area (Å²) in [7, 11) is 1.61. The molecule has 1 rings (SSSR count). The minimum absolute atomic E-state index is 0.359. The predicted octanol–water partition coefficient (Wildman–Crippen LogP) is 1.63. The van der Waals surface area contributed by atoms with Crippen molar-refractivity contribution in [2.75, 3.05) is 30.8 Å². The maximum Gasteiger partial charge on any atom is 0.158 e. The van der Waals surface area contributed by atoms with Gasteiger partial charge in [-0.1, -0.05) is 6.92 Å². The number of aliphatic hydroxyl groups is 1. The SMILES string of the molecule is CCNc1cc(NCC(C)(O)CC)nc(COC)n1. The van der Waals surface area contributed by atoms with Crippen LogP contribution in [-0.4, -0.2) is 40.9 Å². The summed E-state index contributed by atoms with van der Waals surface area (Å²) >= 11 is 0. The number of ether oxygens (including phenoxy) is 1. The lowest BCUT2D eigenvalue weighted by atomic mass is 10.0. The molecule has 0 aromatic carbocycles. The Morgan fingerprint density at radius 1 is 1.26 bits per heavy atom. The Kier molecular flexibility index (Phi) is 5.98. The Bertz CT molecular complexity index is 372. The zero-order valence-corrected chi connectivity index (χ0v) is 12.2. The molecule has 1 unspecified atom stereocenters. The summed E-state index contributed by atoms with van der Waals surface area (Å²) < 4.78 is 5.05. The molecular weight excluding hydrogens is 244 g/mol. The van der Waals surface area contributed by atoms with Gasteiger partial charge in [-0.25, -0.2) is 9.97 Å². The van der Waals surface area contributed by atoms with Crippen LogP contribution in [0.2, 0.25) is 0 Å². The quantitative estimate of drug-likeness (QED) is 0.665. The highest BCUT2D eigenvalue weighted by atomic mass is 16.5. The zero-order chi connectivity index (χ0) is 14.3. The first-order chi connectivity index (χ1) is 9.00. The van der Waals surface area contributed by atoms with Gasteiger partial charge in [-0.05, 0) is 20.3 Å². The highest BCUT2D eigenvalue weighted by Crippen LogP contribution is 2.14. The molecule has 1 heterocycles. The molecule has 6 heteroatoms. The van der Waals surface area contributed by atoms with Crippen LogP contribution in [-0.2, 0) is 11.3 Å². The van der Waals surface area contributed by atoms with Crippen LogP contribution in [0.5, 0.6) is 0 Å². The number of rotatable bonds is 8. The summed E-state index contributed by atoms with van der Waals surface area (Å²) in [6, 6.07) is 1.83. The first-order valence-electron chi connectivity index (χ1n) is 6.57. The van der Waals surface area contributed by atoms with Gasteiger partial charge in [-0.15, -0.1) is 0 Å². The van der Waals surface area contributed by atoms with Crippen molar-refractivity contribution in [3.63, 3.8) is 0 Å². The maximum absolute atomic E-state index is 9.98. The van der Waals surface area contributed by atoms with Crippen molar-refractivity contribution >= 4 is 11.6 Å². The Morgan fingerprint density at radius 2 is 1.89 bits per heavy atom. The van der Waals surface area contributed by atoms with E-state index in [1.807, 2.05) is 19.9 Å². The van der Waals surface area contributed by atoms with E-state index in [2.05, 4.69) is 20.6 Å². The van der Waals surface area contributed by atoms with Gasteiger partial charge in [0.15, 0.2) is 5.82 Å². The molecule has 108 valence electrons. The second kappa shape index (κ2) is 7.25. The topological polar surface area (TPSA) is 79.3 Å². The van der Waals surface area contributed by atoms with Gasteiger partial charge in [-0.3, -0.25) is 0 Å². The molecule has 6 nitrogen and oxygen atoms in total. The summed E-state index contributed by atoms with van der Waals surface area (Å²) in [6.07, 6.45) is 0.677. The monoisotopic (exact) mass is 268 g/mol. The maximum atomic E-state index is 9.98. The van der Waals surface area contributed by atoms with E-state index in [9.17, 15) is 5.11 Å². The average molecular weight is 268 g/mol. The summed E-state index contributed by atoms with van der Waals surface area (Å²) in [6.45, 7) is 7.34. The third-order valence-electron chi connectivity index (χ3n) is 2.82. The minimum Gasteiger partial charge on any atom is -0.388 e. The molecular formula is C13H24N4O2. The molecule has 1 atom stereocenters. The number of aromatic nitrogens is 2. The van der Waals surface area contributed by atoms with E-state index in [1.54, 1.807) is 14.0 Å². The standard InChI is InChI=1S/C13H24N4O2/c1-5-13(3,18)9-15-11-7-10(14-6-2)16-12(17-11)8-19-4/h7,18H,5-6,8-9H2,1-4H3,(H2,14,15,16,17). The number of methoxy groups -OCH3 is 1. The average Bonchev–Trinajstić information content (AvgIpc) is 2.37. The van der Waals surface area contributed by atoms with Gasteiger partial charge in [-0.2, -0.15) is 0 Å². The van der Waals surface area contributed by atoms with E-state index in [0.717, 1.165) is 12.4 Å². The van der Waals surface area contributed by atoms with Crippen LogP contribution in [0.1, 0.15) is 33.0 Å². The lowest BCUT2D eigenvalue weighted by Gasteiger charge is -2.22. The molecule has 3 N–H and O–H groups in total. The summed E-state index contributed by atoms with van der Waals surface area (Å²) in [5.41, 5.74) is -0.745. The minimum atomic E-state index is -0.745. The molecule has 0 saturated carbocycles. The molecule has 19 heavy (non-hydrogen) atoms. The fourth-order valence-corrected chi connectivity index (χ4v) is 1.46. The highest BCUT2D eigenvalue weighted by Gasteiger charge is 2.17. The molecule has 0 saturated heterocycles. The Balaban J connectivity index is 2.80. The van der Waals surface area contributed by atoms with Crippen molar-refractivity contribution in [2.45, 2.75) is 39.4 Å². The van der Waals surface area contributed by atoms with Gasteiger partial charge in [0.2, 0.25) is 0 Å². The van der Waals surface area contributed by atoms with E-state index in [0.29, 0.717) is 31.2 Å². The number of nitrogens with zero attached hydrogens (tertiary/aromatic N) is 2. The van der Waals surface area contributed by atoms with Gasteiger partial charge in [0.05, 0.1) is 5.60 Å². The van der Waals surface area contributed by atoms with E-state index in [1.165, 1.54) is 0 Å². The van der Waals surface area contributed by atoms with Crippen LogP contribution in [0.15, 0.2) is 6.07 Å². The molecule has 0 spiro atoms. The van der Waals surface area contributed by atoms with Crippen molar-refractivity contribution in [3.8, 4) is 0 Å². The predicted molar refractivity (Wildman–Crippen MR) is 76.3 cm³/mol. The molecule has 0 bridgehead atoms. The largest absolute Gasteiger partial charge is 0.388 e. The molecule has 0 aliphatic heterocycles. The Hall–Kier alpha value is -1.40. The Labute approximate surface area is 114 Å². The molecule has 0 aliphatic carbocycles. The van der Waals surface area contributed by atoms with Crippen LogP contribution in [0.3, 0.4) is 0 Å². The fourth-order valence-electron chi connectivity index (χ4n) is 1.46. The number of hydrogen-bond donors (Lipinski definition) is 3. The van der Waals surface area contributed by atoms with Crippen molar-refractivity contribution in [1.29, 1.82) is 0 Å².